The summed E-state index contributed by atoms with van der Waals surface area (Å²) in [4.78, 5) is 0. The number of rotatable bonds is 2. The molecule has 0 spiro atoms. The van der Waals surface area contributed by atoms with Crippen molar-refractivity contribution in [3.05, 3.63) is 0 Å². The summed E-state index contributed by atoms with van der Waals surface area (Å²) >= 11 is 0. The lowest BCUT2D eigenvalue weighted by atomic mass is 9.76. The summed E-state index contributed by atoms with van der Waals surface area (Å²) in [6, 6.07) is 0. The number of aliphatic hydroxyl groups excluding tert-OH is 1. The minimum absolute atomic E-state index is 0.101. The third kappa shape index (κ3) is 2.45. The Balaban J connectivity index is 2.21. The summed E-state index contributed by atoms with van der Waals surface area (Å²) in [5.41, 5.74) is -1.61. The van der Waals surface area contributed by atoms with Gasteiger partial charge in [0.25, 0.3) is 0 Å². The molecule has 0 radical (unpaired) electrons. The molecule has 0 aromatic carbocycles. The minimum Gasteiger partial charge on any atom is -0.393 e. The van der Waals surface area contributed by atoms with Gasteiger partial charge in [-0.05, 0) is 63.2 Å². The predicted octanol–water partition coefficient (Wildman–Crippen LogP) is 1.94. The molecule has 0 amide bonds. The van der Waals surface area contributed by atoms with Crippen molar-refractivity contribution in [2.24, 2.45) is 23.7 Å². The van der Waals surface area contributed by atoms with E-state index in [-0.39, 0.29) is 12.5 Å². The highest BCUT2D eigenvalue weighted by Gasteiger charge is 2.49. The Bertz CT molecular complexity index is 298. The molecule has 0 aromatic heterocycles. The van der Waals surface area contributed by atoms with Crippen molar-refractivity contribution in [2.45, 2.75) is 64.1 Å². The maximum atomic E-state index is 10.7. The van der Waals surface area contributed by atoms with E-state index in [1.807, 2.05) is 6.92 Å². The molecule has 2 saturated carbocycles. The Morgan fingerprint density at radius 3 is 2.56 bits per heavy atom. The molecule has 0 saturated heterocycles. The quantitative estimate of drug-likeness (QED) is 0.707. The van der Waals surface area contributed by atoms with Gasteiger partial charge in [-0.25, -0.2) is 0 Å². The lowest BCUT2D eigenvalue weighted by Crippen LogP contribution is -2.39. The van der Waals surface area contributed by atoms with E-state index in [1.54, 1.807) is 6.92 Å². The molecule has 2 rings (SSSR count). The van der Waals surface area contributed by atoms with Crippen LogP contribution in [0.25, 0.3) is 0 Å². The highest BCUT2D eigenvalue weighted by Crippen LogP contribution is 2.51. The second-order valence-corrected chi connectivity index (χ2v) is 7.17. The zero-order valence-corrected chi connectivity index (χ0v) is 11.9. The lowest BCUT2D eigenvalue weighted by Gasteiger charge is -2.34. The summed E-state index contributed by atoms with van der Waals surface area (Å²) in [6.07, 6.45) is 4.77. The topological polar surface area (TPSA) is 60.7 Å². The normalized spacial score (nSPS) is 48.3. The van der Waals surface area contributed by atoms with E-state index in [9.17, 15) is 15.3 Å². The summed E-state index contributed by atoms with van der Waals surface area (Å²) < 4.78 is 0. The Morgan fingerprint density at radius 1 is 1.28 bits per heavy atom. The van der Waals surface area contributed by atoms with Crippen molar-refractivity contribution in [2.75, 3.05) is 6.61 Å². The molecule has 0 aromatic rings. The first kappa shape index (κ1) is 14.3. The van der Waals surface area contributed by atoms with Crippen LogP contribution in [0.1, 0.15) is 52.9 Å². The molecule has 6 atom stereocenters. The van der Waals surface area contributed by atoms with Crippen LogP contribution in [0.5, 0.6) is 0 Å². The summed E-state index contributed by atoms with van der Waals surface area (Å²) in [6.45, 7) is 5.76. The third-order valence-electron chi connectivity index (χ3n) is 5.73. The molecular formula is C15H28O3. The maximum Gasteiger partial charge on any atom is 0.0877 e. The van der Waals surface area contributed by atoms with Gasteiger partial charge >= 0.3 is 0 Å². The number of hydrogen-bond donors (Lipinski definition) is 3. The molecule has 2 aliphatic rings. The van der Waals surface area contributed by atoms with Crippen LogP contribution in [0.4, 0.5) is 0 Å². The van der Waals surface area contributed by atoms with E-state index in [0.717, 1.165) is 25.7 Å². The van der Waals surface area contributed by atoms with Crippen LogP contribution in [0.3, 0.4) is 0 Å². The number of fused-ring (bicyclic) bond motifs is 1. The molecule has 0 heterocycles. The van der Waals surface area contributed by atoms with Gasteiger partial charge < -0.3 is 15.3 Å². The summed E-state index contributed by atoms with van der Waals surface area (Å²) in [5.74, 6) is 1.58. The van der Waals surface area contributed by atoms with Crippen LogP contribution in [-0.2, 0) is 0 Å². The highest BCUT2D eigenvalue weighted by molar-refractivity contribution is 4.99. The van der Waals surface area contributed by atoms with Gasteiger partial charge in [-0.15, -0.1) is 0 Å². The maximum absolute atomic E-state index is 10.7. The SMILES string of the molecule is C[C@@H]1CC[C@H]2[C@@H]1C[C@@H](C(C)(O)CO)CC[C@@]2(C)O. The van der Waals surface area contributed by atoms with Gasteiger partial charge in [0.05, 0.1) is 17.8 Å². The van der Waals surface area contributed by atoms with Gasteiger partial charge in [0, 0.05) is 0 Å². The summed E-state index contributed by atoms with van der Waals surface area (Å²) in [5, 5.41) is 30.3. The van der Waals surface area contributed by atoms with Gasteiger partial charge in [-0.1, -0.05) is 13.3 Å². The Labute approximate surface area is 110 Å². The monoisotopic (exact) mass is 256 g/mol. The van der Waals surface area contributed by atoms with Crippen LogP contribution < -0.4 is 0 Å². The number of hydrogen-bond acceptors (Lipinski definition) is 3. The first-order chi connectivity index (χ1) is 8.28. The van der Waals surface area contributed by atoms with Gasteiger partial charge in [0.2, 0.25) is 0 Å². The molecule has 3 heteroatoms. The molecule has 106 valence electrons. The largest absolute Gasteiger partial charge is 0.393 e. The Morgan fingerprint density at radius 2 is 1.94 bits per heavy atom. The second kappa shape index (κ2) is 4.77. The number of aliphatic hydroxyl groups is 3. The average molecular weight is 256 g/mol. The first-order valence-corrected chi connectivity index (χ1v) is 7.33. The van der Waals surface area contributed by atoms with E-state index >= 15 is 0 Å². The zero-order chi connectivity index (χ0) is 13.6. The fourth-order valence-corrected chi connectivity index (χ4v) is 4.23. The van der Waals surface area contributed by atoms with Crippen LogP contribution >= 0.6 is 0 Å². The molecule has 3 nitrogen and oxygen atoms in total. The van der Waals surface area contributed by atoms with Crippen LogP contribution in [0, 0.1) is 23.7 Å². The highest BCUT2D eigenvalue weighted by atomic mass is 16.3. The van der Waals surface area contributed by atoms with Gasteiger partial charge in [-0.2, -0.15) is 0 Å². The predicted molar refractivity (Wildman–Crippen MR) is 71.1 cm³/mol. The van der Waals surface area contributed by atoms with Crippen molar-refractivity contribution >= 4 is 0 Å². The van der Waals surface area contributed by atoms with Gasteiger partial charge in [0.1, 0.15) is 0 Å². The first-order valence-electron chi connectivity index (χ1n) is 7.33. The second-order valence-electron chi connectivity index (χ2n) is 7.17. The molecule has 1 unspecified atom stereocenters. The fourth-order valence-electron chi connectivity index (χ4n) is 4.23. The van der Waals surface area contributed by atoms with Crippen LogP contribution in [-0.4, -0.2) is 33.1 Å². The third-order valence-corrected chi connectivity index (χ3v) is 5.73. The van der Waals surface area contributed by atoms with Crippen molar-refractivity contribution in [1.29, 1.82) is 0 Å². The molecule has 0 bridgehead atoms. The standard InChI is InChI=1S/C15H28O3/c1-10-4-5-13-12(10)8-11(15(3,18)9-16)6-7-14(13,2)17/h10-13,16-18H,4-9H2,1-3H3/t10-,11+,12-,13+,14-,15?/m1/s1. The van der Waals surface area contributed by atoms with E-state index in [0.29, 0.717) is 17.8 Å². The Hall–Kier alpha value is -0.120. The molecule has 2 fully saturated rings. The van der Waals surface area contributed by atoms with Gasteiger partial charge in [0.15, 0.2) is 0 Å². The molecule has 2 aliphatic carbocycles. The average Bonchev–Trinajstić information content (AvgIpc) is 2.59. The van der Waals surface area contributed by atoms with E-state index in [1.165, 1.54) is 6.42 Å². The minimum atomic E-state index is -1.01. The Kier molecular flexibility index (Phi) is 3.79. The summed E-state index contributed by atoms with van der Waals surface area (Å²) in [7, 11) is 0. The fraction of sp³-hybridized carbons (Fsp3) is 1.00. The van der Waals surface area contributed by atoms with Crippen LogP contribution in [0.15, 0.2) is 0 Å². The molecule has 18 heavy (non-hydrogen) atoms. The van der Waals surface area contributed by atoms with E-state index in [2.05, 4.69) is 6.92 Å². The van der Waals surface area contributed by atoms with Crippen molar-refractivity contribution in [1.82, 2.24) is 0 Å². The van der Waals surface area contributed by atoms with E-state index in [4.69, 9.17) is 0 Å². The van der Waals surface area contributed by atoms with Gasteiger partial charge in [-0.3, -0.25) is 0 Å². The molecular weight excluding hydrogens is 228 g/mol. The molecule has 3 N–H and O–H groups in total. The van der Waals surface area contributed by atoms with Crippen LogP contribution in [0.2, 0.25) is 0 Å². The molecule has 0 aliphatic heterocycles. The lowest BCUT2D eigenvalue weighted by molar-refractivity contribution is -0.0569. The van der Waals surface area contributed by atoms with Crippen molar-refractivity contribution in [3.63, 3.8) is 0 Å². The zero-order valence-electron chi connectivity index (χ0n) is 11.9. The van der Waals surface area contributed by atoms with E-state index < -0.39 is 11.2 Å². The smallest absolute Gasteiger partial charge is 0.0877 e. The van der Waals surface area contributed by atoms with Crippen molar-refractivity contribution in [3.8, 4) is 0 Å². The van der Waals surface area contributed by atoms with Crippen molar-refractivity contribution < 1.29 is 15.3 Å².